The van der Waals surface area contributed by atoms with Crippen molar-refractivity contribution < 1.29 is 19.4 Å². The molecule has 0 spiro atoms. The molecule has 3 aromatic rings. The van der Waals surface area contributed by atoms with Crippen LogP contribution >= 0.6 is 21.6 Å². The predicted molar refractivity (Wildman–Crippen MR) is 134 cm³/mol. The van der Waals surface area contributed by atoms with Gasteiger partial charge in [0.15, 0.2) is 5.60 Å². The molecule has 0 bridgehead atoms. The summed E-state index contributed by atoms with van der Waals surface area (Å²) in [6, 6.07) is 26.9. The summed E-state index contributed by atoms with van der Waals surface area (Å²) in [7, 11) is 2.56. The van der Waals surface area contributed by atoms with E-state index in [0.717, 1.165) is 16.7 Å². The summed E-state index contributed by atoms with van der Waals surface area (Å²) in [6.07, 6.45) is 0. The molecule has 0 amide bonds. The van der Waals surface area contributed by atoms with Crippen molar-refractivity contribution >= 4 is 33.5 Å². The normalized spacial score (nSPS) is 13.2. The smallest absolute Gasteiger partial charge is 0.325 e. The van der Waals surface area contributed by atoms with Crippen molar-refractivity contribution in [2.24, 2.45) is 11.5 Å². The van der Waals surface area contributed by atoms with Crippen molar-refractivity contribution in [3.05, 3.63) is 108 Å². The fraction of sp³-hybridized carbons (Fsp3) is 0.200. The molecule has 0 aromatic heterocycles. The third-order valence-corrected chi connectivity index (χ3v) is 7.47. The van der Waals surface area contributed by atoms with Crippen LogP contribution in [-0.2, 0) is 19.9 Å². The van der Waals surface area contributed by atoms with Crippen molar-refractivity contribution in [2.75, 3.05) is 11.5 Å². The van der Waals surface area contributed by atoms with Crippen LogP contribution in [0.2, 0.25) is 0 Å². The largest absolute Gasteiger partial charge is 0.480 e. The quantitative estimate of drug-likeness (QED) is 0.164. The highest BCUT2D eigenvalue weighted by atomic mass is 33.1. The van der Waals surface area contributed by atoms with Gasteiger partial charge in [0.1, 0.15) is 12.1 Å². The molecule has 3 rings (SSSR count). The Morgan fingerprint density at radius 3 is 1.45 bits per heavy atom. The molecular weight excluding hydrogens is 456 g/mol. The van der Waals surface area contributed by atoms with Crippen LogP contribution in [0.1, 0.15) is 16.7 Å². The lowest BCUT2D eigenvalue weighted by atomic mass is 9.80. The number of hydrogen-bond acceptors (Lipinski definition) is 7. The van der Waals surface area contributed by atoms with Crippen LogP contribution in [0.15, 0.2) is 91.0 Å². The molecule has 3 aromatic carbocycles. The summed E-state index contributed by atoms with van der Waals surface area (Å²) < 4.78 is 6.27. The molecular formula is C25H26N2O4S2. The van der Waals surface area contributed by atoms with Gasteiger partial charge in [0.05, 0.1) is 0 Å². The van der Waals surface area contributed by atoms with Crippen LogP contribution in [0.5, 0.6) is 0 Å². The molecule has 0 aliphatic heterocycles. The van der Waals surface area contributed by atoms with Gasteiger partial charge in [-0.1, -0.05) is 113 Å². The molecule has 1 unspecified atom stereocenters. The first kappa shape index (κ1) is 24.9. The van der Waals surface area contributed by atoms with Crippen molar-refractivity contribution in [3.63, 3.8) is 0 Å². The Labute approximate surface area is 201 Å². The Bertz CT molecular complexity index is 939. The summed E-state index contributed by atoms with van der Waals surface area (Å²) in [5.41, 5.74) is 12.9. The Kier molecular flexibility index (Phi) is 8.96. The van der Waals surface area contributed by atoms with E-state index in [4.69, 9.17) is 21.3 Å². The minimum absolute atomic E-state index is 0.212. The van der Waals surface area contributed by atoms with E-state index in [1.807, 2.05) is 91.0 Å². The van der Waals surface area contributed by atoms with E-state index in [0.29, 0.717) is 0 Å². The third kappa shape index (κ3) is 6.17. The number of hydrogen-bond donors (Lipinski definition) is 3. The predicted octanol–water partition coefficient (Wildman–Crippen LogP) is 3.64. The zero-order valence-electron chi connectivity index (χ0n) is 17.9. The highest BCUT2D eigenvalue weighted by molar-refractivity contribution is 8.76. The number of esters is 1. The van der Waals surface area contributed by atoms with E-state index in [9.17, 15) is 9.59 Å². The fourth-order valence-corrected chi connectivity index (χ4v) is 5.53. The number of carbonyl (C=O) groups is 2. The summed E-state index contributed by atoms with van der Waals surface area (Å²) in [5, 5.41) is 8.88. The fourth-order valence-electron chi connectivity index (χ4n) is 3.30. The zero-order chi connectivity index (χ0) is 23.7. The van der Waals surface area contributed by atoms with Gasteiger partial charge in [-0.25, -0.2) is 0 Å². The van der Waals surface area contributed by atoms with E-state index >= 15 is 0 Å². The summed E-state index contributed by atoms with van der Waals surface area (Å²) >= 11 is 0. The number of benzene rings is 3. The Morgan fingerprint density at radius 2 is 1.09 bits per heavy atom. The number of aliphatic carboxylic acids is 1. The standard InChI is InChI=1S/C25H26N2O4S2/c26-21(23(28)29)16-32-33-17-22(27)24(30)31-25(18-10-4-1-5-11-18,19-12-6-2-7-13-19)20-14-8-3-9-15-20/h1-15,21-22H,16-17,26-27H2,(H,28,29)/t21?,22-/m0/s1. The maximum absolute atomic E-state index is 13.2. The van der Waals surface area contributed by atoms with Gasteiger partial charge in [0.2, 0.25) is 0 Å². The monoisotopic (exact) mass is 482 g/mol. The second kappa shape index (κ2) is 11.9. The zero-order valence-corrected chi connectivity index (χ0v) is 19.5. The Balaban J connectivity index is 1.89. The summed E-state index contributed by atoms with van der Waals surface area (Å²) in [4.78, 5) is 24.1. The molecule has 0 heterocycles. The van der Waals surface area contributed by atoms with E-state index in [2.05, 4.69) is 0 Å². The highest BCUT2D eigenvalue weighted by Gasteiger charge is 2.41. The number of carbonyl (C=O) groups excluding carboxylic acids is 1. The van der Waals surface area contributed by atoms with Gasteiger partial charge in [0.25, 0.3) is 0 Å². The first-order valence-electron chi connectivity index (χ1n) is 10.3. The van der Waals surface area contributed by atoms with Crippen molar-refractivity contribution in [1.82, 2.24) is 0 Å². The molecule has 0 aliphatic carbocycles. The minimum atomic E-state index is -1.18. The molecule has 0 aliphatic rings. The number of nitrogens with two attached hydrogens (primary N) is 2. The summed E-state index contributed by atoms with van der Waals surface area (Å²) in [5.74, 6) is -1.15. The van der Waals surface area contributed by atoms with Gasteiger partial charge in [-0.2, -0.15) is 0 Å². The van der Waals surface area contributed by atoms with Crippen LogP contribution < -0.4 is 11.5 Å². The van der Waals surface area contributed by atoms with Crippen molar-refractivity contribution in [3.8, 4) is 0 Å². The molecule has 172 valence electrons. The molecule has 0 saturated carbocycles. The summed E-state index contributed by atoms with van der Waals surface area (Å²) in [6.45, 7) is 0. The lowest BCUT2D eigenvalue weighted by Gasteiger charge is -2.36. The number of carboxylic acid groups (broad SMARTS) is 1. The van der Waals surface area contributed by atoms with Crippen LogP contribution in [0.4, 0.5) is 0 Å². The second-order valence-electron chi connectivity index (χ2n) is 7.32. The Hall–Kier alpha value is -2.78. The number of carboxylic acids is 1. The van der Waals surface area contributed by atoms with E-state index in [1.54, 1.807) is 0 Å². The maximum Gasteiger partial charge on any atom is 0.325 e. The minimum Gasteiger partial charge on any atom is -0.480 e. The lowest BCUT2D eigenvalue weighted by molar-refractivity contribution is -0.154. The van der Waals surface area contributed by atoms with Gasteiger partial charge in [-0.05, 0) is 0 Å². The molecule has 2 atom stereocenters. The molecule has 33 heavy (non-hydrogen) atoms. The van der Waals surface area contributed by atoms with Gasteiger partial charge in [-0.15, -0.1) is 0 Å². The van der Waals surface area contributed by atoms with Gasteiger partial charge >= 0.3 is 11.9 Å². The molecule has 6 nitrogen and oxygen atoms in total. The average Bonchev–Trinajstić information content (AvgIpc) is 2.86. The third-order valence-electron chi connectivity index (χ3n) is 4.99. The first-order chi connectivity index (χ1) is 15.9. The Morgan fingerprint density at radius 1 is 0.727 bits per heavy atom. The van der Waals surface area contributed by atoms with Crippen molar-refractivity contribution in [2.45, 2.75) is 17.7 Å². The molecule has 0 saturated heterocycles. The molecule has 5 N–H and O–H groups in total. The topological polar surface area (TPSA) is 116 Å². The van der Waals surface area contributed by atoms with Crippen LogP contribution in [0, 0.1) is 0 Å². The van der Waals surface area contributed by atoms with Crippen molar-refractivity contribution in [1.29, 1.82) is 0 Å². The molecule has 0 radical (unpaired) electrons. The number of ether oxygens (including phenoxy) is 1. The van der Waals surface area contributed by atoms with Crippen LogP contribution in [0.25, 0.3) is 0 Å². The van der Waals surface area contributed by atoms with Gasteiger partial charge in [-0.3, -0.25) is 9.59 Å². The van der Waals surface area contributed by atoms with Gasteiger partial charge < -0.3 is 21.3 Å². The average molecular weight is 483 g/mol. The molecule has 8 heteroatoms. The second-order valence-corrected chi connectivity index (χ2v) is 9.87. The highest BCUT2D eigenvalue weighted by Crippen LogP contribution is 2.40. The van der Waals surface area contributed by atoms with Gasteiger partial charge in [0, 0.05) is 28.2 Å². The SMILES string of the molecule is NC(CSSC[C@H](N)C(=O)OC(c1ccccc1)(c1ccccc1)c1ccccc1)C(=O)O. The van der Waals surface area contributed by atoms with E-state index in [-0.39, 0.29) is 11.5 Å². The van der Waals surface area contributed by atoms with E-state index in [1.165, 1.54) is 21.6 Å². The van der Waals surface area contributed by atoms with Crippen LogP contribution in [-0.4, -0.2) is 40.6 Å². The number of rotatable bonds is 11. The molecule has 0 fully saturated rings. The maximum atomic E-state index is 13.2. The van der Waals surface area contributed by atoms with E-state index < -0.39 is 29.6 Å². The lowest BCUT2D eigenvalue weighted by Crippen LogP contribution is -2.42. The van der Waals surface area contributed by atoms with Crippen LogP contribution in [0.3, 0.4) is 0 Å². The first-order valence-corrected chi connectivity index (χ1v) is 12.8.